The highest BCUT2D eigenvalue weighted by Gasteiger charge is 2.34. The second-order valence-electron chi connectivity index (χ2n) is 6.85. The lowest BCUT2D eigenvalue weighted by Crippen LogP contribution is -2.53. The molecule has 0 aromatic carbocycles. The molecule has 0 spiro atoms. The minimum Gasteiger partial charge on any atom is -0.481 e. The van der Waals surface area contributed by atoms with Gasteiger partial charge in [-0.3, -0.25) is 19.2 Å². The van der Waals surface area contributed by atoms with E-state index in [0.717, 1.165) is 0 Å². The Balaban J connectivity index is 2.66. The van der Waals surface area contributed by atoms with Crippen LogP contribution >= 0.6 is 0 Å². The van der Waals surface area contributed by atoms with Gasteiger partial charge in [-0.1, -0.05) is 0 Å². The first kappa shape index (κ1) is 24.3. The van der Waals surface area contributed by atoms with Gasteiger partial charge in [0.2, 0.25) is 17.7 Å². The Morgan fingerprint density at radius 2 is 1.79 bits per heavy atom. The van der Waals surface area contributed by atoms with E-state index in [1.54, 1.807) is 0 Å². The minimum absolute atomic E-state index is 0.226. The molecule has 8 N–H and O–H groups in total. The summed E-state index contributed by atoms with van der Waals surface area (Å²) >= 11 is 0. The zero-order chi connectivity index (χ0) is 22.0. The van der Waals surface area contributed by atoms with Gasteiger partial charge >= 0.3 is 11.9 Å². The topological polar surface area (TPSA) is 205 Å². The zero-order valence-electron chi connectivity index (χ0n) is 16.1. The number of hydrogen-bond donors (Lipinski definition) is 6. The molecule has 0 aliphatic carbocycles. The van der Waals surface area contributed by atoms with Gasteiger partial charge in [0, 0.05) is 6.54 Å². The molecule has 3 unspecified atom stereocenters. The summed E-state index contributed by atoms with van der Waals surface area (Å²) in [4.78, 5) is 59.8. The summed E-state index contributed by atoms with van der Waals surface area (Å²) in [6, 6.07) is -3.25. The third-order valence-corrected chi connectivity index (χ3v) is 4.58. The molecule has 0 bridgehead atoms. The second kappa shape index (κ2) is 12.0. The van der Waals surface area contributed by atoms with Gasteiger partial charge in [0.25, 0.3) is 0 Å². The number of carbonyl (C=O) groups excluding carboxylic acids is 3. The third kappa shape index (κ3) is 8.03. The number of rotatable bonds is 12. The zero-order valence-corrected chi connectivity index (χ0v) is 16.1. The number of likely N-dealkylation sites (tertiary alicyclic amines) is 1. The maximum Gasteiger partial charge on any atom is 0.326 e. The van der Waals surface area contributed by atoms with Gasteiger partial charge < -0.3 is 37.2 Å². The Morgan fingerprint density at radius 1 is 1.10 bits per heavy atom. The van der Waals surface area contributed by atoms with Crippen LogP contribution in [-0.2, 0) is 24.0 Å². The molecule has 1 saturated heterocycles. The van der Waals surface area contributed by atoms with Crippen molar-refractivity contribution in [3.8, 4) is 0 Å². The number of nitrogens with zero attached hydrogens (tertiary/aromatic N) is 1. The highest BCUT2D eigenvalue weighted by atomic mass is 16.4. The second-order valence-corrected chi connectivity index (χ2v) is 6.85. The number of nitrogens with two attached hydrogens (primary N) is 2. The Morgan fingerprint density at radius 3 is 2.38 bits per heavy atom. The van der Waals surface area contributed by atoms with Crippen LogP contribution in [0.25, 0.3) is 0 Å². The molecule has 164 valence electrons. The summed E-state index contributed by atoms with van der Waals surface area (Å²) in [6.07, 6.45) is 1.68. The van der Waals surface area contributed by atoms with E-state index in [1.165, 1.54) is 4.90 Å². The summed E-state index contributed by atoms with van der Waals surface area (Å²) in [5.74, 6) is -4.31. The molecule has 12 nitrogen and oxygen atoms in total. The third-order valence-electron chi connectivity index (χ3n) is 4.58. The number of hydrogen-bond acceptors (Lipinski definition) is 7. The Hall–Kier alpha value is -2.73. The fraction of sp³-hybridized carbons (Fsp3) is 0.706. The molecule has 29 heavy (non-hydrogen) atoms. The van der Waals surface area contributed by atoms with E-state index in [4.69, 9.17) is 21.7 Å². The quantitative estimate of drug-likeness (QED) is 0.187. The maximum absolute atomic E-state index is 12.5. The Bertz CT molecular complexity index is 627. The molecule has 3 amide bonds. The molecule has 12 heteroatoms. The average Bonchev–Trinajstić information content (AvgIpc) is 3.14. The number of carboxylic acid groups (broad SMARTS) is 2. The van der Waals surface area contributed by atoms with Crippen LogP contribution in [0.5, 0.6) is 0 Å². The van der Waals surface area contributed by atoms with Crippen LogP contribution in [0.1, 0.15) is 38.5 Å². The van der Waals surface area contributed by atoms with Crippen LogP contribution in [0.3, 0.4) is 0 Å². The SMILES string of the molecule is NCCCCC(NC(=O)C(N)CC(=O)O)C(=O)NCC(=O)N1CCCC1C(=O)O. The highest BCUT2D eigenvalue weighted by Crippen LogP contribution is 2.17. The Labute approximate surface area is 168 Å². The molecule has 1 fully saturated rings. The van der Waals surface area contributed by atoms with Crippen LogP contribution in [0.4, 0.5) is 0 Å². The maximum atomic E-state index is 12.5. The van der Waals surface area contributed by atoms with E-state index >= 15 is 0 Å². The van der Waals surface area contributed by atoms with Crippen molar-refractivity contribution in [2.24, 2.45) is 11.5 Å². The lowest BCUT2D eigenvalue weighted by molar-refractivity contribution is -0.148. The largest absolute Gasteiger partial charge is 0.481 e. The number of aliphatic carboxylic acids is 2. The highest BCUT2D eigenvalue weighted by molar-refractivity contribution is 5.93. The first-order valence-electron chi connectivity index (χ1n) is 9.45. The van der Waals surface area contributed by atoms with E-state index < -0.39 is 60.8 Å². The molecule has 0 saturated carbocycles. The predicted molar refractivity (Wildman–Crippen MR) is 100 cm³/mol. The number of nitrogens with one attached hydrogen (secondary N) is 2. The van der Waals surface area contributed by atoms with E-state index in [2.05, 4.69) is 10.6 Å². The molecule has 3 atom stereocenters. The lowest BCUT2D eigenvalue weighted by Gasteiger charge is -2.23. The molecule has 0 aromatic rings. The standard InChI is InChI=1S/C17H29N5O7/c18-6-2-1-4-11(21-15(26)10(19)8-14(24)25)16(27)20-9-13(23)22-7-3-5-12(22)17(28)29/h10-12H,1-9,18-19H2,(H,20,27)(H,21,26)(H,24,25)(H,28,29). The van der Waals surface area contributed by atoms with Crippen LogP contribution in [-0.4, -0.2) is 82.5 Å². The predicted octanol–water partition coefficient (Wildman–Crippen LogP) is -2.41. The Kier molecular flexibility index (Phi) is 10.0. The van der Waals surface area contributed by atoms with Gasteiger partial charge in [0.1, 0.15) is 12.1 Å². The summed E-state index contributed by atoms with van der Waals surface area (Å²) < 4.78 is 0. The van der Waals surface area contributed by atoms with Gasteiger partial charge in [-0.25, -0.2) is 4.79 Å². The molecule has 1 rings (SSSR count). The number of carboxylic acids is 2. The monoisotopic (exact) mass is 415 g/mol. The molecule has 0 radical (unpaired) electrons. The summed E-state index contributed by atoms with van der Waals surface area (Å²) in [6.45, 7) is 0.282. The summed E-state index contributed by atoms with van der Waals surface area (Å²) in [5.41, 5.74) is 10.9. The number of amides is 3. The average molecular weight is 415 g/mol. The molecular weight excluding hydrogens is 386 g/mol. The fourth-order valence-corrected chi connectivity index (χ4v) is 3.03. The molecular formula is C17H29N5O7. The first-order chi connectivity index (χ1) is 13.7. The van der Waals surface area contributed by atoms with Gasteiger partial charge in [-0.2, -0.15) is 0 Å². The van der Waals surface area contributed by atoms with E-state index in [0.29, 0.717) is 38.8 Å². The summed E-state index contributed by atoms with van der Waals surface area (Å²) in [5, 5.41) is 22.7. The first-order valence-corrected chi connectivity index (χ1v) is 9.45. The van der Waals surface area contributed by atoms with Crippen molar-refractivity contribution in [3.63, 3.8) is 0 Å². The normalized spacial score (nSPS) is 18.0. The van der Waals surface area contributed by atoms with E-state index in [1.807, 2.05) is 0 Å². The molecule has 0 aromatic heterocycles. The summed E-state index contributed by atoms with van der Waals surface area (Å²) in [7, 11) is 0. The van der Waals surface area contributed by atoms with Crippen LogP contribution in [0.2, 0.25) is 0 Å². The van der Waals surface area contributed by atoms with Crippen LogP contribution in [0.15, 0.2) is 0 Å². The smallest absolute Gasteiger partial charge is 0.326 e. The van der Waals surface area contributed by atoms with Crippen molar-refractivity contribution in [1.29, 1.82) is 0 Å². The molecule has 1 aliphatic heterocycles. The van der Waals surface area contributed by atoms with Crippen molar-refractivity contribution in [2.45, 2.75) is 56.7 Å². The minimum atomic E-state index is -1.32. The van der Waals surface area contributed by atoms with Crippen molar-refractivity contribution in [2.75, 3.05) is 19.6 Å². The van der Waals surface area contributed by atoms with E-state index in [9.17, 15) is 24.0 Å². The fourth-order valence-electron chi connectivity index (χ4n) is 3.03. The van der Waals surface area contributed by atoms with Gasteiger partial charge in [0.05, 0.1) is 19.0 Å². The van der Waals surface area contributed by atoms with Crippen LogP contribution in [0, 0.1) is 0 Å². The van der Waals surface area contributed by atoms with Crippen LogP contribution < -0.4 is 22.1 Å². The van der Waals surface area contributed by atoms with Gasteiger partial charge in [0.15, 0.2) is 0 Å². The van der Waals surface area contributed by atoms with Gasteiger partial charge in [-0.15, -0.1) is 0 Å². The van der Waals surface area contributed by atoms with Crippen molar-refractivity contribution in [3.05, 3.63) is 0 Å². The number of carbonyl (C=O) groups is 5. The number of unbranched alkanes of at least 4 members (excludes halogenated alkanes) is 1. The van der Waals surface area contributed by atoms with Gasteiger partial charge in [-0.05, 0) is 38.6 Å². The van der Waals surface area contributed by atoms with Crippen molar-refractivity contribution >= 4 is 29.7 Å². The lowest BCUT2D eigenvalue weighted by atomic mass is 10.1. The van der Waals surface area contributed by atoms with E-state index in [-0.39, 0.29) is 6.42 Å². The van der Waals surface area contributed by atoms with Crippen molar-refractivity contribution in [1.82, 2.24) is 15.5 Å². The van der Waals surface area contributed by atoms with Crippen molar-refractivity contribution < 1.29 is 34.2 Å². The molecule has 1 aliphatic rings. The molecule has 1 heterocycles.